The molecule has 0 N–H and O–H groups in total. The van der Waals surface area contributed by atoms with Crippen molar-refractivity contribution in [1.29, 1.82) is 0 Å². The minimum Gasteiger partial charge on any atom is -0.265 e. The van der Waals surface area contributed by atoms with Gasteiger partial charge in [-0.1, -0.05) is 29.8 Å². The van der Waals surface area contributed by atoms with E-state index >= 15 is 0 Å². The van der Waals surface area contributed by atoms with Crippen molar-refractivity contribution >= 4 is 22.5 Å². The summed E-state index contributed by atoms with van der Waals surface area (Å²) >= 11 is 6.23. The molecule has 0 bridgehead atoms. The van der Waals surface area contributed by atoms with Gasteiger partial charge >= 0.3 is 0 Å². The highest BCUT2D eigenvalue weighted by molar-refractivity contribution is 6.21. The average Bonchev–Trinajstić information content (AvgIpc) is 2.77. The second kappa shape index (κ2) is 5.38. The molecule has 0 saturated carbocycles. The number of halogens is 1. The summed E-state index contributed by atoms with van der Waals surface area (Å²) < 4.78 is 2.09. The Morgan fingerprint density at radius 3 is 3.00 bits per heavy atom. The van der Waals surface area contributed by atoms with Crippen molar-refractivity contribution in [3.8, 4) is 0 Å². The lowest BCUT2D eigenvalue weighted by atomic mass is 9.95. The zero-order chi connectivity index (χ0) is 13.2. The van der Waals surface area contributed by atoms with Crippen LogP contribution in [0.4, 0.5) is 0 Å². The molecule has 0 saturated heterocycles. The van der Waals surface area contributed by atoms with Crippen molar-refractivity contribution < 1.29 is 0 Å². The summed E-state index contributed by atoms with van der Waals surface area (Å²) in [4.78, 5) is 0. The number of fused-ring (bicyclic) bond motifs is 1. The molecule has 2 aromatic rings. The van der Waals surface area contributed by atoms with Crippen molar-refractivity contribution in [3.05, 3.63) is 41.6 Å². The van der Waals surface area contributed by atoms with Gasteiger partial charge in [-0.05, 0) is 32.3 Å². The molecule has 1 aromatic carbocycles. The first-order chi connectivity index (χ1) is 9.28. The van der Waals surface area contributed by atoms with Crippen LogP contribution in [-0.2, 0) is 13.0 Å². The zero-order valence-electron chi connectivity index (χ0n) is 11.3. The highest BCUT2D eigenvalue weighted by atomic mass is 35.5. The second-order valence-corrected chi connectivity index (χ2v) is 5.75. The Balaban J connectivity index is 1.97. The Morgan fingerprint density at radius 1 is 1.37 bits per heavy atom. The fourth-order valence-electron chi connectivity index (χ4n) is 2.88. The summed E-state index contributed by atoms with van der Waals surface area (Å²) in [5.74, 6) is 0. The lowest BCUT2D eigenvalue weighted by molar-refractivity contribution is 0.658. The van der Waals surface area contributed by atoms with Gasteiger partial charge in [-0.2, -0.15) is 5.10 Å². The molecular weight excluding hydrogens is 256 g/mol. The zero-order valence-corrected chi connectivity index (χ0v) is 12.0. The first-order valence-electron chi connectivity index (χ1n) is 7.06. The van der Waals surface area contributed by atoms with Crippen molar-refractivity contribution in [2.45, 2.75) is 44.5 Å². The molecule has 3 rings (SSSR count). The van der Waals surface area contributed by atoms with E-state index in [0.717, 1.165) is 25.8 Å². The highest BCUT2D eigenvalue weighted by Crippen LogP contribution is 2.27. The molecule has 1 atom stereocenters. The van der Waals surface area contributed by atoms with Crippen LogP contribution in [0.5, 0.6) is 0 Å². The lowest BCUT2D eigenvalue weighted by Crippen LogP contribution is -2.06. The fraction of sp³-hybridized carbons (Fsp3) is 0.438. The fourth-order valence-corrected chi connectivity index (χ4v) is 3.21. The van der Waals surface area contributed by atoms with Gasteiger partial charge in [-0.25, -0.2) is 0 Å². The molecule has 1 aliphatic carbocycles. The number of benzene rings is 1. The minimum atomic E-state index is 0.211. The second-order valence-electron chi connectivity index (χ2n) is 5.19. The normalized spacial score (nSPS) is 19.7. The molecule has 0 fully saturated rings. The minimum absolute atomic E-state index is 0.211. The van der Waals surface area contributed by atoms with Gasteiger partial charge in [0.25, 0.3) is 0 Å². The molecule has 0 amide bonds. The summed E-state index contributed by atoms with van der Waals surface area (Å²) in [6, 6.07) is 8.49. The predicted molar refractivity (Wildman–Crippen MR) is 80.7 cm³/mol. The summed E-state index contributed by atoms with van der Waals surface area (Å²) in [5, 5.41) is 6.25. The summed E-state index contributed by atoms with van der Waals surface area (Å²) in [5.41, 5.74) is 3.87. The molecule has 100 valence electrons. The van der Waals surface area contributed by atoms with E-state index < -0.39 is 0 Å². The maximum atomic E-state index is 6.23. The Labute approximate surface area is 119 Å². The Kier molecular flexibility index (Phi) is 3.61. The van der Waals surface area contributed by atoms with E-state index in [1.807, 2.05) is 0 Å². The molecule has 19 heavy (non-hydrogen) atoms. The third-order valence-corrected chi connectivity index (χ3v) is 4.17. The van der Waals surface area contributed by atoms with Crippen LogP contribution in [0.3, 0.4) is 0 Å². The van der Waals surface area contributed by atoms with E-state index in [0.29, 0.717) is 0 Å². The molecule has 1 aliphatic rings. The Hall–Kier alpha value is -1.28. The van der Waals surface area contributed by atoms with Crippen LogP contribution in [0.1, 0.15) is 31.9 Å². The van der Waals surface area contributed by atoms with Crippen molar-refractivity contribution in [1.82, 2.24) is 9.78 Å². The van der Waals surface area contributed by atoms with E-state index in [1.165, 1.54) is 28.6 Å². The largest absolute Gasteiger partial charge is 0.265 e. The molecule has 0 radical (unpaired) electrons. The average molecular weight is 275 g/mol. The van der Waals surface area contributed by atoms with Gasteiger partial charge in [0.1, 0.15) is 0 Å². The number of para-hydroxylation sites is 1. The number of aryl methyl sites for hydroxylation is 1. The van der Waals surface area contributed by atoms with Gasteiger partial charge in [0.05, 0.1) is 16.6 Å². The van der Waals surface area contributed by atoms with Gasteiger partial charge in [0.15, 0.2) is 0 Å². The van der Waals surface area contributed by atoms with Crippen LogP contribution in [0, 0.1) is 0 Å². The Morgan fingerprint density at radius 2 is 2.21 bits per heavy atom. The number of alkyl halides is 1. The van der Waals surface area contributed by atoms with Crippen LogP contribution in [0.15, 0.2) is 35.9 Å². The van der Waals surface area contributed by atoms with E-state index in [9.17, 15) is 0 Å². The van der Waals surface area contributed by atoms with E-state index in [-0.39, 0.29) is 5.38 Å². The van der Waals surface area contributed by atoms with Crippen molar-refractivity contribution in [2.75, 3.05) is 0 Å². The predicted octanol–water partition coefficient (Wildman–Crippen LogP) is 4.32. The summed E-state index contributed by atoms with van der Waals surface area (Å²) in [7, 11) is 0. The number of nitrogens with zero attached hydrogens (tertiary/aromatic N) is 2. The molecule has 2 nitrogen and oxygen atoms in total. The molecule has 0 spiro atoms. The summed E-state index contributed by atoms with van der Waals surface area (Å²) in [6.07, 6.45) is 6.64. The molecule has 1 aromatic heterocycles. The molecule has 1 unspecified atom stereocenters. The number of aromatic nitrogens is 2. The van der Waals surface area contributed by atoms with Gasteiger partial charge in [0.2, 0.25) is 0 Å². The molecule has 3 heteroatoms. The quantitative estimate of drug-likeness (QED) is 0.602. The van der Waals surface area contributed by atoms with Gasteiger partial charge in [0, 0.05) is 18.4 Å². The van der Waals surface area contributed by atoms with E-state index in [4.69, 9.17) is 16.7 Å². The monoisotopic (exact) mass is 274 g/mol. The van der Waals surface area contributed by atoms with Crippen LogP contribution in [0.2, 0.25) is 0 Å². The van der Waals surface area contributed by atoms with Crippen LogP contribution in [0.25, 0.3) is 10.9 Å². The Bertz CT molecular complexity index is 612. The topological polar surface area (TPSA) is 17.8 Å². The van der Waals surface area contributed by atoms with Crippen molar-refractivity contribution in [2.24, 2.45) is 0 Å². The van der Waals surface area contributed by atoms with E-state index in [2.05, 4.69) is 41.9 Å². The maximum Gasteiger partial charge on any atom is 0.0743 e. The SMILES string of the molecule is CCn1nc(CC2=CC(Cl)CCC2)c2ccccc21. The molecule has 0 aliphatic heterocycles. The number of hydrogen-bond acceptors (Lipinski definition) is 1. The number of rotatable bonds is 3. The standard InChI is InChI=1S/C16H19ClN2/c1-2-19-16-9-4-3-8-14(16)15(18-19)11-12-6-5-7-13(17)10-12/h3-4,8-10,13H,2,5-7,11H2,1H3. The highest BCUT2D eigenvalue weighted by Gasteiger charge is 2.15. The third kappa shape index (κ3) is 2.55. The number of allylic oxidation sites excluding steroid dienone is 2. The maximum absolute atomic E-state index is 6.23. The molecule has 1 heterocycles. The van der Waals surface area contributed by atoms with Crippen LogP contribution in [-0.4, -0.2) is 15.2 Å². The van der Waals surface area contributed by atoms with E-state index in [1.54, 1.807) is 0 Å². The van der Waals surface area contributed by atoms with Gasteiger partial charge in [-0.15, -0.1) is 11.6 Å². The number of hydrogen-bond donors (Lipinski definition) is 0. The van der Waals surface area contributed by atoms with Gasteiger partial charge < -0.3 is 0 Å². The van der Waals surface area contributed by atoms with Crippen LogP contribution < -0.4 is 0 Å². The molecular formula is C16H19ClN2. The summed E-state index contributed by atoms with van der Waals surface area (Å²) in [6.45, 7) is 3.05. The van der Waals surface area contributed by atoms with Crippen molar-refractivity contribution in [3.63, 3.8) is 0 Å². The van der Waals surface area contributed by atoms with Gasteiger partial charge in [-0.3, -0.25) is 4.68 Å². The smallest absolute Gasteiger partial charge is 0.0743 e. The third-order valence-electron chi connectivity index (χ3n) is 3.82. The first-order valence-corrected chi connectivity index (χ1v) is 7.49. The first kappa shape index (κ1) is 12.7. The lowest BCUT2D eigenvalue weighted by Gasteiger charge is -2.15. The van der Waals surface area contributed by atoms with Crippen LogP contribution >= 0.6 is 11.6 Å².